The molecule has 0 fully saturated rings. The zero-order chi connectivity index (χ0) is 10.4. The Bertz CT molecular complexity index is 267. The zero-order valence-electron chi connectivity index (χ0n) is 8.49. The minimum Gasteiger partial charge on any atom is -0.384 e. The summed E-state index contributed by atoms with van der Waals surface area (Å²) in [5, 5.41) is 1.09. The van der Waals surface area contributed by atoms with E-state index >= 15 is 0 Å². The SMILES string of the molecule is CCCc1nsc(CC(Br)COC)n1. The van der Waals surface area contributed by atoms with E-state index < -0.39 is 0 Å². The quantitative estimate of drug-likeness (QED) is 0.750. The van der Waals surface area contributed by atoms with Crippen molar-refractivity contribution in [2.45, 2.75) is 31.0 Å². The number of alkyl halides is 1. The molecular formula is C9H15BrN2OS. The van der Waals surface area contributed by atoms with Gasteiger partial charge in [0.05, 0.1) is 6.61 Å². The number of aromatic nitrogens is 2. The number of hydrogen-bond acceptors (Lipinski definition) is 4. The summed E-state index contributed by atoms with van der Waals surface area (Å²) < 4.78 is 9.33. The van der Waals surface area contributed by atoms with Gasteiger partial charge in [-0.05, 0) is 18.0 Å². The maximum atomic E-state index is 5.04. The van der Waals surface area contributed by atoms with Crippen LogP contribution in [0.2, 0.25) is 0 Å². The van der Waals surface area contributed by atoms with Crippen LogP contribution in [0.15, 0.2) is 0 Å². The van der Waals surface area contributed by atoms with Gasteiger partial charge in [-0.1, -0.05) is 22.9 Å². The third-order valence-electron chi connectivity index (χ3n) is 1.73. The number of rotatable bonds is 6. The van der Waals surface area contributed by atoms with Gasteiger partial charge in [-0.25, -0.2) is 4.98 Å². The Labute approximate surface area is 97.2 Å². The van der Waals surface area contributed by atoms with Crippen LogP contribution in [0.1, 0.15) is 24.2 Å². The zero-order valence-corrected chi connectivity index (χ0v) is 10.9. The van der Waals surface area contributed by atoms with Crippen molar-refractivity contribution in [2.24, 2.45) is 0 Å². The average molecular weight is 279 g/mol. The van der Waals surface area contributed by atoms with Gasteiger partial charge in [0, 0.05) is 24.8 Å². The second-order valence-corrected chi connectivity index (χ2v) is 5.24. The van der Waals surface area contributed by atoms with Crippen LogP contribution in [0.5, 0.6) is 0 Å². The minimum atomic E-state index is 0.343. The van der Waals surface area contributed by atoms with Gasteiger partial charge in [-0.2, -0.15) is 4.37 Å². The molecule has 0 bridgehead atoms. The Balaban J connectivity index is 2.42. The summed E-state index contributed by atoms with van der Waals surface area (Å²) >= 11 is 5.03. The molecular weight excluding hydrogens is 264 g/mol. The molecule has 0 saturated heterocycles. The Morgan fingerprint density at radius 2 is 2.36 bits per heavy atom. The highest BCUT2D eigenvalue weighted by Gasteiger charge is 2.09. The van der Waals surface area contributed by atoms with Gasteiger partial charge in [0.25, 0.3) is 0 Å². The number of ether oxygens (including phenoxy) is 1. The molecule has 1 rings (SSSR count). The Morgan fingerprint density at radius 1 is 1.57 bits per heavy atom. The summed E-state index contributed by atoms with van der Waals surface area (Å²) in [6, 6.07) is 0. The van der Waals surface area contributed by atoms with E-state index in [1.165, 1.54) is 11.5 Å². The fraction of sp³-hybridized carbons (Fsp3) is 0.778. The molecule has 1 atom stereocenters. The lowest BCUT2D eigenvalue weighted by atomic mass is 10.3. The molecule has 0 amide bonds. The van der Waals surface area contributed by atoms with E-state index in [0.29, 0.717) is 11.4 Å². The molecule has 0 aliphatic rings. The van der Waals surface area contributed by atoms with E-state index in [2.05, 4.69) is 32.2 Å². The maximum Gasteiger partial charge on any atom is 0.142 e. The predicted molar refractivity (Wildman–Crippen MR) is 62.2 cm³/mol. The van der Waals surface area contributed by atoms with Crippen molar-refractivity contribution in [1.82, 2.24) is 9.36 Å². The molecule has 1 aromatic heterocycles. The highest BCUT2D eigenvalue weighted by atomic mass is 79.9. The largest absolute Gasteiger partial charge is 0.384 e. The molecule has 1 unspecified atom stereocenters. The monoisotopic (exact) mass is 278 g/mol. The van der Waals surface area contributed by atoms with Crippen molar-refractivity contribution in [3.63, 3.8) is 0 Å². The highest BCUT2D eigenvalue weighted by Crippen LogP contribution is 2.13. The van der Waals surface area contributed by atoms with Gasteiger partial charge in [0.2, 0.25) is 0 Å². The van der Waals surface area contributed by atoms with Crippen molar-refractivity contribution >= 4 is 27.5 Å². The first-order valence-electron chi connectivity index (χ1n) is 4.70. The highest BCUT2D eigenvalue weighted by molar-refractivity contribution is 9.09. The fourth-order valence-electron chi connectivity index (χ4n) is 1.13. The van der Waals surface area contributed by atoms with Gasteiger partial charge in [-0.15, -0.1) is 0 Å². The molecule has 0 aliphatic carbocycles. The lowest BCUT2D eigenvalue weighted by Crippen LogP contribution is -2.09. The minimum absolute atomic E-state index is 0.343. The summed E-state index contributed by atoms with van der Waals surface area (Å²) in [4.78, 5) is 4.79. The average Bonchev–Trinajstić information content (AvgIpc) is 2.53. The summed E-state index contributed by atoms with van der Waals surface area (Å²) in [5.74, 6) is 0.976. The van der Waals surface area contributed by atoms with Gasteiger partial charge >= 0.3 is 0 Å². The molecule has 0 saturated carbocycles. The molecule has 0 radical (unpaired) electrons. The van der Waals surface area contributed by atoms with Crippen molar-refractivity contribution in [1.29, 1.82) is 0 Å². The molecule has 1 heterocycles. The predicted octanol–water partition coefficient (Wildman–Crippen LogP) is 2.44. The van der Waals surface area contributed by atoms with Crippen LogP contribution >= 0.6 is 27.5 Å². The van der Waals surface area contributed by atoms with Crippen LogP contribution in [-0.2, 0) is 17.6 Å². The number of methoxy groups -OCH3 is 1. The third kappa shape index (κ3) is 4.02. The van der Waals surface area contributed by atoms with Crippen LogP contribution in [0.4, 0.5) is 0 Å². The first kappa shape index (κ1) is 12.1. The van der Waals surface area contributed by atoms with Crippen molar-refractivity contribution < 1.29 is 4.74 Å². The maximum absolute atomic E-state index is 5.04. The molecule has 0 aromatic carbocycles. The van der Waals surface area contributed by atoms with E-state index in [-0.39, 0.29) is 0 Å². The summed E-state index contributed by atoms with van der Waals surface area (Å²) in [7, 11) is 1.71. The van der Waals surface area contributed by atoms with Crippen molar-refractivity contribution in [2.75, 3.05) is 13.7 Å². The normalized spacial score (nSPS) is 13.1. The molecule has 80 valence electrons. The molecule has 14 heavy (non-hydrogen) atoms. The molecule has 1 aromatic rings. The lowest BCUT2D eigenvalue weighted by molar-refractivity contribution is 0.200. The fourth-order valence-corrected chi connectivity index (χ4v) is 2.68. The van der Waals surface area contributed by atoms with E-state index in [0.717, 1.165) is 30.1 Å². The number of aryl methyl sites for hydroxylation is 1. The second kappa shape index (κ2) is 6.48. The standard InChI is InChI=1S/C9H15BrN2OS/c1-3-4-8-11-9(14-12-8)5-7(10)6-13-2/h7H,3-6H2,1-2H3. The van der Waals surface area contributed by atoms with Crippen LogP contribution in [0, 0.1) is 0 Å². The molecule has 3 nitrogen and oxygen atoms in total. The van der Waals surface area contributed by atoms with Gasteiger partial charge in [0.1, 0.15) is 10.8 Å². The topological polar surface area (TPSA) is 35.0 Å². The molecule has 5 heteroatoms. The van der Waals surface area contributed by atoms with Gasteiger partial charge in [-0.3, -0.25) is 0 Å². The summed E-state index contributed by atoms with van der Waals surface area (Å²) in [6.07, 6.45) is 2.98. The van der Waals surface area contributed by atoms with Crippen molar-refractivity contribution in [3.05, 3.63) is 10.8 Å². The Hall–Kier alpha value is -0.0000000000000000555. The van der Waals surface area contributed by atoms with E-state index in [1.54, 1.807) is 7.11 Å². The number of nitrogens with zero attached hydrogens (tertiary/aromatic N) is 2. The Morgan fingerprint density at radius 3 is 3.00 bits per heavy atom. The molecule has 0 N–H and O–H groups in total. The van der Waals surface area contributed by atoms with E-state index in [4.69, 9.17) is 4.74 Å². The van der Waals surface area contributed by atoms with Gasteiger partial charge < -0.3 is 4.74 Å². The van der Waals surface area contributed by atoms with E-state index in [9.17, 15) is 0 Å². The lowest BCUT2D eigenvalue weighted by Gasteiger charge is -2.04. The second-order valence-electron chi connectivity index (χ2n) is 3.11. The van der Waals surface area contributed by atoms with Crippen LogP contribution in [0.25, 0.3) is 0 Å². The van der Waals surface area contributed by atoms with E-state index in [1.807, 2.05) is 0 Å². The number of halogens is 1. The molecule has 0 aliphatic heterocycles. The molecule has 0 spiro atoms. The van der Waals surface area contributed by atoms with Crippen LogP contribution in [0.3, 0.4) is 0 Å². The van der Waals surface area contributed by atoms with Crippen LogP contribution < -0.4 is 0 Å². The summed E-state index contributed by atoms with van der Waals surface area (Å²) in [5.41, 5.74) is 0. The third-order valence-corrected chi connectivity index (χ3v) is 3.09. The van der Waals surface area contributed by atoms with Gasteiger partial charge in [0.15, 0.2) is 0 Å². The first-order chi connectivity index (χ1) is 6.76. The first-order valence-corrected chi connectivity index (χ1v) is 6.39. The Kier molecular flexibility index (Phi) is 5.59. The smallest absolute Gasteiger partial charge is 0.142 e. The van der Waals surface area contributed by atoms with Crippen LogP contribution in [-0.4, -0.2) is 27.9 Å². The number of hydrogen-bond donors (Lipinski definition) is 0. The van der Waals surface area contributed by atoms with Crippen molar-refractivity contribution in [3.8, 4) is 0 Å². The summed E-state index contributed by atoms with van der Waals surface area (Å²) in [6.45, 7) is 2.85.